The van der Waals surface area contributed by atoms with Gasteiger partial charge in [-0.25, -0.2) is 0 Å². The Labute approximate surface area is 816 Å². The molecule has 4 atom stereocenters. The Kier molecular flexibility index (Phi) is 66.0. The van der Waals surface area contributed by atoms with Crippen LogP contribution in [0, 0.1) is 0 Å². The Balaban J connectivity index is 0.000000221. The van der Waals surface area contributed by atoms with Gasteiger partial charge in [0, 0.05) is 413 Å². The normalized spacial score (nSPS) is 9.58. The molecule has 2 nitrogen and oxygen atoms in total. The quantitative estimate of drug-likeness (QED) is 0.111. The topological polar surface area (TPSA) is 9.86 Å². The molecule has 0 aliphatic carbocycles. The lowest BCUT2D eigenvalue weighted by Crippen LogP contribution is -2.52. The number of para-hydroxylation sites is 4. The van der Waals surface area contributed by atoms with Crippen molar-refractivity contribution in [1.82, 2.24) is 9.13 Å². The number of halogens is 2. The second kappa shape index (κ2) is 69.9. The molecule has 12 rings (SSSR count). The second-order valence-corrected chi connectivity index (χ2v) is 104. The molecule has 113 heavy (non-hydrogen) atoms. The fourth-order valence-corrected chi connectivity index (χ4v) is 108. The van der Waals surface area contributed by atoms with Crippen molar-refractivity contribution in [2.24, 2.45) is 0 Å². The molecule has 0 radical (unpaired) electrons. The van der Waals surface area contributed by atoms with Crippen LogP contribution in [0.25, 0.3) is 53.6 Å². The molecular weight excluding hydrogens is 2430 g/mol. The molecule has 604 valence electrons. The van der Waals surface area contributed by atoms with Gasteiger partial charge in [0.25, 0.3) is 0 Å². The standard InChI is InChI=1S/C28H20BNS.C16H10BrNS.C12H10BF.CH4.H7P5.S22.S21/c1-3-11-21(12-4-1)29(22-13-5-2-6-14-22)25-19-20-31-28(25)30-26-17-9-7-15-23(26)24-16-8-10-18-27(24)30;17-13-9-10-19-16(13)18-14-7-3-1-5-11(14)12-6-2-4-8-15(12)18;14-13(11-7-3-1-4-8-11)12-9-5-2-6-10-12;;1-4-5(2)3;1-3-5-7-9-11-13-15-17-19-21-22-20-18-16-14-12-10-8-6-4-2;1-3-5-7-9-11-13-15-17-19-21-20-18-16-14-12-10-8-6-4-2/h1-20H;1-10H;1-10H;1H4;4H,1-3H2;;. The van der Waals surface area contributed by atoms with Gasteiger partial charge in [0.15, 0.2) is 0 Å². The highest BCUT2D eigenvalue weighted by atomic mass is 79.9. The molecule has 0 fully saturated rings. The minimum absolute atomic E-state index is 0. The molecule has 0 N–H and O–H groups in total. The van der Waals surface area contributed by atoms with Crippen LogP contribution in [0.15, 0.2) is 246 Å². The fraction of sp³-hybridized carbons (Fsp3) is 0.0175. The van der Waals surface area contributed by atoms with Crippen LogP contribution in [-0.2, 0) is 391 Å². The zero-order valence-corrected chi connectivity index (χ0v) is 98.6. The third kappa shape index (κ3) is 41.9. The summed E-state index contributed by atoms with van der Waals surface area (Å²) >= 11 is 26.3. The first-order valence-corrected chi connectivity index (χ1v) is 94.6. The van der Waals surface area contributed by atoms with Gasteiger partial charge in [-0.2, -0.15) is 0 Å². The summed E-state index contributed by atoms with van der Waals surface area (Å²) in [7, 11) is 76.4. The van der Waals surface area contributed by atoms with Gasteiger partial charge in [-0.3, -0.25) is 4.57 Å². The molecule has 0 aliphatic rings. The minimum Gasteiger partial charge on any atom is -0.322 e. The number of aromatic nitrogens is 2. The lowest BCUT2D eigenvalue weighted by atomic mass is 9.37. The molecule has 0 amide bonds. The van der Waals surface area contributed by atoms with E-state index in [-0.39, 0.29) is 21.1 Å². The van der Waals surface area contributed by atoms with E-state index < -0.39 is 6.99 Å². The van der Waals surface area contributed by atoms with E-state index in [0.717, 1.165) is 12.4 Å². The molecule has 0 spiro atoms. The van der Waals surface area contributed by atoms with Crippen LogP contribution >= 0.6 is 80.3 Å². The van der Waals surface area contributed by atoms with E-state index in [0.29, 0.717) is 10.9 Å². The van der Waals surface area contributed by atoms with Crippen LogP contribution in [0.1, 0.15) is 7.43 Å². The van der Waals surface area contributed by atoms with E-state index >= 15 is 0 Å². The van der Waals surface area contributed by atoms with E-state index in [2.05, 4.69) is 232 Å². The van der Waals surface area contributed by atoms with Gasteiger partial charge in [0.2, 0.25) is 6.71 Å². The maximum atomic E-state index is 13.9. The summed E-state index contributed by atoms with van der Waals surface area (Å²) < 4.78 is 19.8. The third-order valence-electron chi connectivity index (χ3n) is 12.8. The molecule has 8 aromatic carbocycles. The van der Waals surface area contributed by atoms with Gasteiger partial charge < -0.3 is 8.88 Å². The van der Waals surface area contributed by atoms with E-state index in [1.165, 1.54) is 106 Å². The molecular formula is C57H51B2BrFN2P5S45. The Bertz CT molecular complexity index is 6810. The van der Waals surface area contributed by atoms with Gasteiger partial charge in [0.05, 0.1) is 31.5 Å². The number of rotatable bonds is 8. The summed E-state index contributed by atoms with van der Waals surface area (Å²) in [6.45, 7) is -0.607. The molecule has 4 aromatic heterocycles. The second-order valence-electron chi connectivity index (χ2n) is 18.6. The highest BCUT2D eigenvalue weighted by Gasteiger charge is 2.27. The highest BCUT2D eigenvalue weighted by molar-refractivity contribution is 9.10. The molecule has 0 aliphatic heterocycles. The number of thiophene rings is 2. The Hall–Kier alpha value is 4.91. The van der Waals surface area contributed by atoms with Gasteiger partial charge in [-0.15, -0.1) is 49.5 Å². The van der Waals surface area contributed by atoms with Crippen LogP contribution in [0.3, 0.4) is 0 Å². The zero-order valence-electron chi connectivity index (χ0n) is 54.9. The van der Waals surface area contributed by atoms with E-state index in [9.17, 15) is 4.32 Å². The van der Waals surface area contributed by atoms with Crippen LogP contribution < -0.4 is 27.3 Å². The summed E-state index contributed by atoms with van der Waals surface area (Å²) in [5.74, 6) is 0. The molecule has 4 heterocycles. The fourth-order valence-electron chi connectivity index (χ4n) is 9.12. The molecule has 0 saturated heterocycles. The Morgan fingerprint density at radius 3 is 0.761 bits per heavy atom. The maximum absolute atomic E-state index is 13.9. The van der Waals surface area contributed by atoms with E-state index in [1.54, 1.807) is 346 Å². The third-order valence-corrected chi connectivity index (χ3v) is 110. The van der Waals surface area contributed by atoms with Gasteiger partial charge >= 0.3 is 6.99 Å². The number of nitrogens with zero attached hydrogens (tertiary/aromatic N) is 2. The highest BCUT2D eigenvalue weighted by Crippen LogP contribution is 2.71. The molecule has 4 unspecified atom stereocenters. The number of fused-ring (bicyclic) bond motifs is 6. The first-order valence-electron chi connectivity index (χ1n) is 29.1. The van der Waals surface area contributed by atoms with Gasteiger partial charge in [-0.1, -0.05) is 227 Å². The first-order chi connectivity index (χ1) is 55.3. The molecule has 56 heteroatoms. The summed E-state index contributed by atoms with van der Waals surface area (Å²) in [5, 5.41) is 12.1. The van der Waals surface area contributed by atoms with Crippen LogP contribution in [0.4, 0.5) is 4.32 Å². The molecule has 0 saturated carbocycles. The van der Waals surface area contributed by atoms with Crippen molar-refractivity contribution >= 4 is 556 Å². The summed E-state index contributed by atoms with van der Waals surface area (Å²) in [5.41, 5.74) is 10.4. The van der Waals surface area contributed by atoms with Gasteiger partial charge in [0.1, 0.15) is 5.00 Å². The molecule has 12 aromatic rings. The van der Waals surface area contributed by atoms with Crippen molar-refractivity contribution in [3.05, 3.63) is 246 Å². The number of hydrogen-bond donors (Lipinski definition) is 0. The lowest BCUT2D eigenvalue weighted by molar-refractivity contribution is 0.865. The van der Waals surface area contributed by atoms with E-state index in [4.69, 9.17) is 44.8 Å². The average Bonchev–Trinajstić information content (AvgIpc) is 1.63. The summed E-state index contributed by atoms with van der Waals surface area (Å²) in [6, 6.07) is 79.1. The Morgan fingerprint density at radius 1 is 0.310 bits per heavy atom. The minimum atomic E-state index is -1.02. The monoisotopic (exact) mass is 2480 g/mol. The van der Waals surface area contributed by atoms with Crippen LogP contribution in [0.2, 0.25) is 0 Å². The van der Waals surface area contributed by atoms with Crippen molar-refractivity contribution in [3.63, 3.8) is 0 Å². The lowest BCUT2D eigenvalue weighted by Gasteiger charge is -2.17. The largest absolute Gasteiger partial charge is 0.413 e. The van der Waals surface area contributed by atoms with Crippen LogP contribution in [0.5, 0.6) is 0 Å². The van der Waals surface area contributed by atoms with Crippen molar-refractivity contribution < 1.29 is 4.32 Å². The number of benzene rings is 8. The Morgan fingerprint density at radius 2 is 0.522 bits per heavy atom. The first kappa shape index (κ1) is 107. The molecule has 0 bridgehead atoms. The summed E-state index contributed by atoms with van der Waals surface area (Å²) in [4.78, 5) is 0. The van der Waals surface area contributed by atoms with Crippen molar-refractivity contribution in [3.8, 4) is 10.0 Å². The predicted molar refractivity (Wildman–Crippen MR) is 649 cm³/mol. The van der Waals surface area contributed by atoms with Crippen molar-refractivity contribution in [2.75, 3.05) is 0 Å². The summed E-state index contributed by atoms with van der Waals surface area (Å²) in [6.07, 6.45) is 0. The van der Waals surface area contributed by atoms with Crippen molar-refractivity contribution in [2.45, 2.75) is 7.43 Å². The maximum Gasteiger partial charge on any atom is 0.413 e. The predicted octanol–water partition coefficient (Wildman–Crippen LogP) is 15.7. The van der Waals surface area contributed by atoms with Crippen LogP contribution in [-0.4, -0.2) is 22.8 Å². The average molecular weight is 2480 g/mol. The van der Waals surface area contributed by atoms with Gasteiger partial charge in [-0.05, 0) is 80.4 Å². The smallest absolute Gasteiger partial charge is 0.322 e. The van der Waals surface area contributed by atoms with Crippen molar-refractivity contribution in [1.29, 1.82) is 0 Å². The van der Waals surface area contributed by atoms with E-state index in [1.807, 2.05) is 47.7 Å². The SMILES string of the molecule is Brc1ccsc1-n1c2ccccc2c2ccccc21.C.FB(c1ccccc1)c1ccccc1.PPP(P)P.S=S=S=S=S=S=S=S=S=S=S=S=S=S=S=S=S=S=S=S=S.S=S=S=S=S=S=S=S=S=S=S=S=S=S=S=S=S=S=S=S=S=S.c1ccc(B(c2ccccc2)c2ccsc2-n2c3ccccc3c3ccccc32)cc1. The zero-order chi connectivity index (χ0) is 79.1. The number of hydrogen-bond acceptors (Lipinski definition) is 6.